The molecule has 3 heteroatoms. The fraction of sp³-hybridized carbons (Fsp3) is 0.471. The Hall–Kier alpha value is -1.61. The Labute approximate surface area is 120 Å². The van der Waals surface area contributed by atoms with E-state index in [1.165, 1.54) is 36.0 Å². The zero-order chi connectivity index (χ0) is 13.8. The first-order chi connectivity index (χ1) is 9.84. The standard InChI is InChI=1S/C17H22N2O/c20-17(19-11-8-13-4-1-2-5-13)16-7-3-6-14-12-18-10-9-15(14)16/h3-4,6-7,18H,1-2,5,8-12H2,(H,19,20). The molecule has 1 aliphatic heterocycles. The third-order valence-corrected chi connectivity index (χ3v) is 4.25. The van der Waals surface area contributed by atoms with Crippen molar-refractivity contribution in [3.63, 3.8) is 0 Å². The lowest BCUT2D eigenvalue weighted by atomic mass is 9.95. The van der Waals surface area contributed by atoms with Crippen LogP contribution in [-0.4, -0.2) is 19.0 Å². The van der Waals surface area contributed by atoms with Gasteiger partial charge in [0.15, 0.2) is 0 Å². The van der Waals surface area contributed by atoms with Crippen LogP contribution >= 0.6 is 0 Å². The molecule has 1 aliphatic carbocycles. The van der Waals surface area contributed by atoms with Crippen molar-refractivity contribution in [2.75, 3.05) is 13.1 Å². The molecule has 0 unspecified atom stereocenters. The lowest BCUT2D eigenvalue weighted by molar-refractivity contribution is 0.0953. The van der Waals surface area contributed by atoms with Crippen molar-refractivity contribution in [1.29, 1.82) is 0 Å². The minimum absolute atomic E-state index is 0.0855. The van der Waals surface area contributed by atoms with Gasteiger partial charge >= 0.3 is 0 Å². The lowest BCUT2D eigenvalue weighted by Gasteiger charge is -2.20. The summed E-state index contributed by atoms with van der Waals surface area (Å²) in [6, 6.07) is 6.05. The van der Waals surface area contributed by atoms with E-state index in [1.54, 1.807) is 0 Å². The zero-order valence-electron chi connectivity index (χ0n) is 11.9. The maximum atomic E-state index is 12.3. The Kier molecular flexibility index (Phi) is 4.16. The van der Waals surface area contributed by atoms with E-state index in [0.717, 1.165) is 38.0 Å². The second kappa shape index (κ2) is 6.23. The number of allylic oxidation sites excluding steroid dienone is 1. The van der Waals surface area contributed by atoms with Crippen LogP contribution < -0.4 is 10.6 Å². The maximum Gasteiger partial charge on any atom is 0.251 e. The number of carbonyl (C=O) groups excluding carboxylic acids is 1. The molecule has 20 heavy (non-hydrogen) atoms. The average Bonchev–Trinajstić information content (AvgIpc) is 3.00. The average molecular weight is 270 g/mol. The summed E-state index contributed by atoms with van der Waals surface area (Å²) in [5, 5.41) is 6.42. The molecular weight excluding hydrogens is 248 g/mol. The van der Waals surface area contributed by atoms with Crippen molar-refractivity contribution >= 4 is 5.91 Å². The van der Waals surface area contributed by atoms with Crippen LogP contribution in [-0.2, 0) is 13.0 Å². The largest absolute Gasteiger partial charge is 0.352 e. The third-order valence-electron chi connectivity index (χ3n) is 4.25. The van der Waals surface area contributed by atoms with E-state index < -0.39 is 0 Å². The highest BCUT2D eigenvalue weighted by Gasteiger charge is 2.17. The lowest BCUT2D eigenvalue weighted by Crippen LogP contribution is -2.30. The van der Waals surface area contributed by atoms with Crippen LogP contribution in [0.4, 0.5) is 0 Å². The van der Waals surface area contributed by atoms with E-state index >= 15 is 0 Å². The van der Waals surface area contributed by atoms with Gasteiger partial charge in [-0.3, -0.25) is 4.79 Å². The first-order valence-electron chi connectivity index (χ1n) is 7.62. The molecule has 1 amide bonds. The summed E-state index contributed by atoms with van der Waals surface area (Å²) in [5.74, 6) is 0.0855. The summed E-state index contributed by atoms with van der Waals surface area (Å²) in [6.45, 7) is 2.60. The van der Waals surface area contributed by atoms with Crippen LogP contribution in [0.5, 0.6) is 0 Å². The van der Waals surface area contributed by atoms with Crippen molar-refractivity contribution < 1.29 is 4.79 Å². The molecule has 0 radical (unpaired) electrons. The quantitative estimate of drug-likeness (QED) is 0.826. The Morgan fingerprint density at radius 2 is 2.25 bits per heavy atom. The summed E-state index contributed by atoms with van der Waals surface area (Å²) in [7, 11) is 0. The minimum atomic E-state index is 0.0855. The van der Waals surface area contributed by atoms with Gasteiger partial charge in [0.1, 0.15) is 0 Å². The molecular formula is C17H22N2O. The highest BCUT2D eigenvalue weighted by Crippen LogP contribution is 2.21. The summed E-state index contributed by atoms with van der Waals surface area (Å²) in [6.07, 6.45) is 7.97. The summed E-state index contributed by atoms with van der Waals surface area (Å²) in [5.41, 5.74) is 4.86. The molecule has 106 valence electrons. The first kappa shape index (κ1) is 13.4. The molecule has 0 fully saturated rings. The molecule has 0 spiro atoms. The van der Waals surface area contributed by atoms with Crippen molar-refractivity contribution in [3.05, 3.63) is 46.5 Å². The molecule has 0 atom stereocenters. The Balaban J connectivity index is 1.62. The van der Waals surface area contributed by atoms with Gasteiger partial charge in [-0.2, -0.15) is 0 Å². The van der Waals surface area contributed by atoms with Gasteiger partial charge in [-0.05, 0) is 55.8 Å². The predicted octanol–water partition coefficient (Wildman–Crippen LogP) is 2.56. The molecule has 3 nitrogen and oxygen atoms in total. The summed E-state index contributed by atoms with van der Waals surface area (Å²) in [4.78, 5) is 12.3. The van der Waals surface area contributed by atoms with E-state index in [4.69, 9.17) is 0 Å². The van der Waals surface area contributed by atoms with Crippen molar-refractivity contribution in [3.8, 4) is 0 Å². The second-order valence-corrected chi connectivity index (χ2v) is 5.63. The highest BCUT2D eigenvalue weighted by molar-refractivity contribution is 5.96. The third kappa shape index (κ3) is 2.93. The Bertz CT molecular complexity index is 534. The van der Waals surface area contributed by atoms with E-state index in [9.17, 15) is 4.79 Å². The number of rotatable bonds is 4. The van der Waals surface area contributed by atoms with Crippen molar-refractivity contribution in [2.24, 2.45) is 0 Å². The van der Waals surface area contributed by atoms with Gasteiger partial charge < -0.3 is 10.6 Å². The van der Waals surface area contributed by atoms with Crippen molar-refractivity contribution in [1.82, 2.24) is 10.6 Å². The SMILES string of the molecule is O=C(NCCC1=CCCC1)c1cccc2c1CCNC2. The van der Waals surface area contributed by atoms with Gasteiger partial charge in [-0.1, -0.05) is 23.8 Å². The second-order valence-electron chi connectivity index (χ2n) is 5.63. The highest BCUT2D eigenvalue weighted by atomic mass is 16.1. The van der Waals surface area contributed by atoms with Gasteiger partial charge in [0.25, 0.3) is 5.91 Å². The van der Waals surface area contributed by atoms with Gasteiger partial charge in [-0.25, -0.2) is 0 Å². The van der Waals surface area contributed by atoms with Gasteiger partial charge in [0.05, 0.1) is 0 Å². The molecule has 0 saturated heterocycles. The fourth-order valence-electron chi connectivity index (χ4n) is 3.14. The van der Waals surface area contributed by atoms with Gasteiger partial charge in [-0.15, -0.1) is 0 Å². The smallest absolute Gasteiger partial charge is 0.251 e. The van der Waals surface area contributed by atoms with E-state index in [-0.39, 0.29) is 5.91 Å². The molecule has 1 heterocycles. The van der Waals surface area contributed by atoms with Crippen LogP contribution in [0.1, 0.15) is 47.2 Å². The molecule has 1 aromatic carbocycles. The fourth-order valence-corrected chi connectivity index (χ4v) is 3.14. The molecule has 1 aromatic rings. The summed E-state index contributed by atoms with van der Waals surface area (Å²) < 4.78 is 0. The normalized spacial score (nSPS) is 17.5. The topological polar surface area (TPSA) is 41.1 Å². The Morgan fingerprint density at radius 1 is 1.30 bits per heavy atom. The number of hydrogen-bond acceptors (Lipinski definition) is 2. The van der Waals surface area contributed by atoms with Gasteiger partial charge in [0, 0.05) is 18.7 Å². The number of amides is 1. The maximum absolute atomic E-state index is 12.3. The Morgan fingerprint density at radius 3 is 3.10 bits per heavy atom. The van der Waals surface area contributed by atoms with Crippen LogP contribution in [0, 0.1) is 0 Å². The van der Waals surface area contributed by atoms with E-state index in [0.29, 0.717) is 0 Å². The van der Waals surface area contributed by atoms with Crippen LogP contribution in [0.15, 0.2) is 29.8 Å². The van der Waals surface area contributed by atoms with Crippen LogP contribution in [0.2, 0.25) is 0 Å². The minimum Gasteiger partial charge on any atom is -0.352 e. The first-order valence-corrected chi connectivity index (χ1v) is 7.62. The monoisotopic (exact) mass is 270 g/mol. The molecule has 0 saturated carbocycles. The van der Waals surface area contributed by atoms with E-state index in [1.807, 2.05) is 12.1 Å². The van der Waals surface area contributed by atoms with Crippen molar-refractivity contribution in [2.45, 2.75) is 38.6 Å². The van der Waals surface area contributed by atoms with Crippen LogP contribution in [0.3, 0.4) is 0 Å². The number of hydrogen-bond donors (Lipinski definition) is 2. The van der Waals surface area contributed by atoms with Gasteiger partial charge in [0.2, 0.25) is 0 Å². The number of fused-ring (bicyclic) bond motifs is 1. The van der Waals surface area contributed by atoms with E-state index in [2.05, 4.69) is 22.8 Å². The number of benzene rings is 1. The summed E-state index contributed by atoms with van der Waals surface area (Å²) >= 11 is 0. The molecule has 2 aliphatic rings. The number of nitrogens with one attached hydrogen (secondary N) is 2. The number of carbonyl (C=O) groups is 1. The zero-order valence-corrected chi connectivity index (χ0v) is 11.9. The molecule has 0 aromatic heterocycles. The molecule has 2 N–H and O–H groups in total. The molecule has 0 bridgehead atoms. The predicted molar refractivity (Wildman–Crippen MR) is 80.7 cm³/mol. The molecule has 3 rings (SSSR count). The van der Waals surface area contributed by atoms with Crippen LogP contribution in [0.25, 0.3) is 0 Å².